The summed E-state index contributed by atoms with van der Waals surface area (Å²) in [5.74, 6) is -0.663. The molecule has 7 heteroatoms. The standard InChI is InChI=1S/C25H28N4O2S/c1-16(26)23(30)29-25-28-22-19(14-8-9-15-20(22)32-25)24(31)27-21(17-10-4-2-5-11-17)18-12-6-3-7-13-18/h2-7,10-13,16,19,21H,8-9,14-15,26H2,1H3,(H,27,31)(H,28,29,30)/t16-,19?/m0/s1. The topological polar surface area (TPSA) is 97.1 Å². The molecule has 1 unspecified atom stereocenters. The third-order valence-electron chi connectivity index (χ3n) is 5.72. The number of benzene rings is 2. The lowest BCUT2D eigenvalue weighted by molar-refractivity contribution is -0.123. The van der Waals surface area contributed by atoms with E-state index in [1.807, 2.05) is 60.7 Å². The molecular weight excluding hydrogens is 420 g/mol. The number of hydrogen-bond donors (Lipinski definition) is 3. The maximum atomic E-state index is 13.6. The number of amides is 2. The lowest BCUT2D eigenvalue weighted by Crippen LogP contribution is -2.34. The SMILES string of the molecule is C[C@H](N)C(=O)Nc1nc2c(s1)CCCCC2C(=O)NC(c1ccccc1)c1ccccc1. The monoisotopic (exact) mass is 448 g/mol. The van der Waals surface area contributed by atoms with E-state index in [4.69, 9.17) is 5.73 Å². The third-order valence-corrected chi connectivity index (χ3v) is 6.76. The number of anilines is 1. The Morgan fingerprint density at radius 1 is 1.03 bits per heavy atom. The number of nitrogens with zero attached hydrogens (tertiary/aromatic N) is 1. The van der Waals surface area contributed by atoms with Crippen molar-refractivity contribution >= 4 is 28.3 Å². The van der Waals surface area contributed by atoms with Crippen LogP contribution in [0.25, 0.3) is 0 Å². The van der Waals surface area contributed by atoms with Gasteiger partial charge in [0.05, 0.1) is 23.7 Å². The number of nitrogens with one attached hydrogen (secondary N) is 2. The summed E-state index contributed by atoms with van der Waals surface area (Å²) in [6.45, 7) is 1.64. The Morgan fingerprint density at radius 3 is 2.25 bits per heavy atom. The van der Waals surface area contributed by atoms with Gasteiger partial charge < -0.3 is 16.4 Å². The molecule has 0 bridgehead atoms. The Hall–Kier alpha value is -3.03. The number of nitrogens with two attached hydrogens (primary N) is 1. The van der Waals surface area contributed by atoms with Crippen LogP contribution in [0.1, 0.15) is 59.8 Å². The first-order valence-electron chi connectivity index (χ1n) is 11.0. The van der Waals surface area contributed by atoms with Crippen molar-refractivity contribution in [2.45, 2.75) is 50.6 Å². The first kappa shape index (κ1) is 22.2. The van der Waals surface area contributed by atoms with E-state index in [9.17, 15) is 9.59 Å². The molecule has 1 aliphatic carbocycles. The van der Waals surface area contributed by atoms with Crippen LogP contribution in [-0.2, 0) is 16.0 Å². The lowest BCUT2D eigenvalue weighted by atomic mass is 9.95. The second kappa shape index (κ2) is 10.1. The summed E-state index contributed by atoms with van der Waals surface area (Å²) in [5, 5.41) is 6.57. The van der Waals surface area contributed by atoms with E-state index < -0.39 is 6.04 Å². The average Bonchev–Trinajstić information content (AvgIpc) is 3.09. The quantitative estimate of drug-likeness (QED) is 0.494. The van der Waals surface area contributed by atoms with Crippen molar-refractivity contribution in [2.75, 3.05) is 5.32 Å². The smallest absolute Gasteiger partial charge is 0.242 e. The molecule has 166 valence electrons. The zero-order valence-electron chi connectivity index (χ0n) is 18.1. The molecule has 0 spiro atoms. The van der Waals surface area contributed by atoms with Crippen LogP contribution < -0.4 is 16.4 Å². The lowest BCUT2D eigenvalue weighted by Gasteiger charge is -2.23. The number of hydrogen-bond acceptors (Lipinski definition) is 5. The minimum Gasteiger partial charge on any atom is -0.345 e. The van der Waals surface area contributed by atoms with Gasteiger partial charge in [0.15, 0.2) is 5.13 Å². The molecule has 2 aromatic carbocycles. The molecule has 0 aliphatic heterocycles. The summed E-state index contributed by atoms with van der Waals surface area (Å²) in [5.41, 5.74) is 8.52. The van der Waals surface area contributed by atoms with Crippen molar-refractivity contribution in [1.82, 2.24) is 10.3 Å². The Kier molecular flexibility index (Phi) is 6.97. The molecule has 2 atom stereocenters. The molecule has 1 aromatic heterocycles. The largest absolute Gasteiger partial charge is 0.345 e. The molecule has 6 nitrogen and oxygen atoms in total. The highest BCUT2D eigenvalue weighted by Gasteiger charge is 2.31. The summed E-state index contributed by atoms with van der Waals surface area (Å²) < 4.78 is 0. The van der Waals surface area contributed by atoms with Crippen LogP contribution in [0.4, 0.5) is 5.13 Å². The number of carbonyl (C=O) groups is 2. The molecule has 0 saturated heterocycles. The summed E-state index contributed by atoms with van der Waals surface area (Å²) in [4.78, 5) is 31.3. The van der Waals surface area contributed by atoms with Gasteiger partial charge in [-0.1, -0.05) is 67.1 Å². The van der Waals surface area contributed by atoms with Crippen molar-refractivity contribution in [3.05, 3.63) is 82.4 Å². The summed E-state index contributed by atoms with van der Waals surface area (Å²) in [6, 6.07) is 19.1. The molecule has 1 aliphatic rings. The van der Waals surface area contributed by atoms with E-state index in [1.165, 1.54) is 11.3 Å². The van der Waals surface area contributed by atoms with Crippen LogP contribution in [0.3, 0.4) is 0 Å². The summed E-state index contributed by atoms with van der Waals surface area (Å²) >= 11 is 1.45. The first-order chi connectivity index (χ1) is 15.5. The van der Waals surface area contributed by atoms with Crippen LogP contribution in [0.5, 0.6) is 0 Å². The first-order valence-corrected chi connectivity index (χ1v) is 11.8. The zero-order chi connectivity index (χ0) is 22.5. The number of carbonyl (C=O) groups excluding carboxylic acids is 2. The van der Waals surface area contributed by atoms with Crippen molar-refractivity contribution in [3.63, 3.8) is 0 Å². The molecule has 32 heavy (non-hydrogen) atoms. The van der Waals surface area contributed by atoms with E-state index in [2.05, 4.69) is 15.6 Å². The van der Waals surface area contributed by atoms with Crippen LogP contribution >= 0.6 is 11.3 Å². The van der Waals surface area contributed by atoms with Gasteiger partial charge in [-0.05, 0) is 37.3 Å². The van der Waals surface area contributed by atoms with Gasteiger partial charge in [-0.3, -0.25) is 9.59 Å². The molecule has 2 amide bonds. The summed E-state index contributed by atoms with van der Waals surface area (Å²) in [6.07, 6.45) is 3.57. The highest BCUT2D eigenvalue weighted by atomic mass is 32.1. The number of aryl methyl sites for hydroxylation is 1. The molecule has 0 radical (unpaired) electrons. The molecule has 4 rings (SSSR count). The Bertz CT molecular complexity index is 1030. The van der Waals surface area contributed by atoms with Crippen molar-refractivity contribution in [1.29, 1.82) is 0 Å². The number of thiazole rings is 1. The predicted octanol–water partition coefficient (Wildman–Crippen LogP) is 4.14. The van der Waals surface area contributed by atoms with Crippen molar-refractivity contribution in [2.24, 2.45) is 5.73 Å². The maximum absolute atomic E-state index is 13.6. The van der Waals surface area contributed by atoms with Crippen LogP contribution in [0.15, 0.2) is 60.7 Å². The zero-order valence-corrected chi connectivity index (χ0v) is 18.9. The second-order valence-electron chi connectivity index (χ2n) is 8.17. The third kappa shape index (κ3) is 5.06. The molecular formula is C25H28N4O2S. The Morgan fingerprint density at radius 2 is 1.66 bits per heavy atom. The highest BCUT2D eigenvalue weighted by Crippen LogP contribution is 2.36. The Labute approximate surface area is 192 Å². The van der Waals surface area contributed by atoms with Crippen LogP contribution in [-0.4, -0.2) is 22.8 Å². The maximum Gasteiger partial charge on any atom is 0.242 e. The average molecular weight is 449 g/mol. The van der Waals surface area contributed by atoms with E-state index in [0.717, 1.165) is 47.4 Å². The van der Waals surface area contributed by atoms with Gasteiger partial charge in [-0.25, -0.2) is 4.98 Å². The molecule has 0 fully saturated rings. The summed E-state index contributed by atoms with van der Waals surface area (Å²) in [7, 11) is 0. The fourth-order valence-corrected chi connectivity index (χ4v) is 5.07. The fourth-order valence-electron chi connectivity index (χ4n) is 4.01. The Balaban J connectivity index is 1.61. The van der Waals surface area contributed by atoms with Crippen LogP contribution in [0, 0.1) is 0 Å². The van der Waals surface area contributed by atoms with Crippen molar-refractivity contribution < 1.29 is 9.59 Å². The van der Waals surface area contributed by atoms with Gasteiger partial charge in [-0.2, -0.15) is 0 Å². The fraction of sp³-hybridized carbons (Fsp3) is 0.320. The minimum atomic E-state index is -0.615. The number of aromatic nitrogens is 1. The van der Waals surface area contributed by atoms with E-state index in [0.29, 0.717) is 5.13 Å². The number of rotatable bonds is 6. The highest BCUT2D eigenvalue weighted by molar-refractivity contribution is 7.15. The van der Waals surface area contributed by atoms with E-state index >= 15 is 0 Å². The molecule has 1 heterocycles. The van der Waals surface area contributed by atoms with Crippen molar-refractivity contribution in [3.8, 4) is 0 Å². The van der Waals surface area contributed by atoms with Gasteiger partial charge in [0.25, 0.3) is 0 Å². The van der Waals surface area contributed by atoms with E-state index in [1.54, 1.807) is 6.92 Å². The van der Waals surface area contributed by atoms with E-state index in [-0.39, 0.29) is 23.8 Å². The van der Waals surface area contributed by atoms with Gasteiger partial charge in [0.2, 0.25) is 11.8 Å². The molecule has 0 saturated carbocycles. The van der Waals surface area contributed by atoms with Crippen LogP contribution in [0.2, 0.25) is 0 Å². The van der Waals surface area contributed by atoms with Gasteiger partial charge >= 0.3 is 0 Å². The minimum absolute atomic E-state index is 0.0405. The predicted molar refractivity (Wildman–Crippen MR) is 128 cm³/mol. The normalized spacial score (nSPS) is 16.7. The molecule has 4 N–H and O–H groups in total. The van der Waals surface area contributed by atoms with Gasteiger partial charge in [0.1, 0.15) is 0 Å². The second-order valence-corrected chi connectivity index (χ2v) is 9.25. The molecule has 3 aromatic rings. The van der Waals surface area contributed by atoms with Gasteiger partial charge in [0, 0.05) is 4.88 Å². The number of fused-ring (bicyclic) bond motifs is 1. The van der Waals surface area contributed by atoms with Gasteiger partial charge in [-0.15, -0.1) is 11.3 Å².